The van der Waals surface area contributed by atoms with Gasteiger partial charge in [0.25, 0.3) is 0 Å². The zero-order chi connectivity index (χ0) is 8.72. The van der Waals surface area contributed by atoms with Crippen molar-refractivity contribution in [1.29, 1.82) is 0 Å². The molecule has 0 unspecified atom stereocenters. The molecule has 0 atom stereocenters. The van der Waals surface area contributed by atoms with Gasteiger partial charge in [0.15, 0.2) is 0 Å². The maximum Gasteiger partial charge on any atom is -0.0111 e. The molecule has 0 saturated heterocycles. The fourth-order valence-electron chi connectivity index (χ4n) is 1.32. The first-order valence-corrected chi connectivity index (χ1v) is 3.88. The Labute approximate surface area is 72.6 Å². The molecule has 0 radical (unpaired) electrons. The lowest BCUT2D eigenvalue weighted by atomic mass is 10.0. The number of hydrogen-bond acceptors (Lipinski definition) is 0. The molecule has 0 aromatic heterocycles. The molecular weight excluding hydrogens is 144 g/mol. The van der Waals surface area contributed by atoms with E-state index >= 15 is 0 Å². The lowest BCUT2D eigenvalue weighted by molar-refractivity contribution is 1.51. The molecule has 0 aromatic carbocycles. The van der Waals surface area contributed by atoms with Crippen molar-refractivity contribution in [3.8, 4) is 0 Å². The van der Waals surface area contributed by atoms with Gasteiger partial charge >= 0.3 is 0 Å². The molecule has 0 amide bonds. The number of rotatable bonds is 2. The molecule has 0 aliphatic heterocycles. The molecule has 0 saturated carbocycles. The van der Waals surface area contributed by atoms with Gasteiger partial charge in [0.2, 0.25) is 0 Å². The smallest absolute Gasteiger partial charge is 0.0111 e. The third-order valence-corrected chi connectivity index (χ3v) is 2.14. The molecule has 0 heteroatoms. The summed E-state index contributed by atoms with van der Waals surface area (Å²) >= 11 is 0. The van der Waals surface area contributed by atoms with Crippen LogP contribution in [0, 0.1) is 0 Å². The van der Waals surface area contributed by atoms with E-state index in [0.717, 1.165) is 22.3 Å². The van der Waals surface area contributed by atoms with Crippen LogP contribution in [-0.4, -0.2) is 0 Å². The highest BCUT2D eigenvalue weighted by Crippen LogP contribution is 2.38. The lowest BCUT2D eigenvalue weighted by Gasteiger charge is -2.03. The van der Waals surface area contributed by atoms with Crippen LogP contribution in [0.2, 0.25) is 0 Å². The molecule has 2 aliphatic carbocycles. The van der Waals surface area contributed by atoms with Gasteiger partial charge in [-0.3, -0.25) is 0 Å². The standard InChI is InChI=1S/C12H10/c1-8-5-4-6-11(8)10(3)12-7-9(12)2/h4-7H,1-3H2. The predicted molar refractivity (Wildman–Crippen MR) is 52.7 cm³/mol. The highest BCUT2D eigenvalue weighted by Gasteiger charge is 2.20. The minimum atomic E-state index is 1.04. The van der Waals surface area contributed by atoms with Crippen molar-refractivity contribution in [2.45, 2.75) is 0 Å². The van der Waals surface area contributed by atoms with Gasteiger partial charge in [0.1, 0.15) is 0 Å². The number of hydrogen-bond donors (Lipinski definition) is 0. The third-order valence-electron chi connectivity index (χ3n) is 2.14. The van der Waals surface area contributed by atoms with Crippen molar-refractivity contribution in [3.63, 3.8) is 0 Å². The summed E-state index contributed by atoms with van der Waals surface area (Å²) in [5.41, 5.74) is 5.52. The molecule has 0 aromatic rings. The largest absolute Gasteiger partial charge is 0.0911 e. The first-order chi connectivity index (χ1) is 5.70. The van der Waals surface area contributed by atoms with Gasteiger partial charge in [-0.25, -0.2) is 0 Å². The van der Waals surface area contributed by atoms with E-state index in [4.69, 9.17) is 0 Å². The van der Waals surface area contributed by atoms with Crippen molar-refractivity contribution in [3.05, 3.63) is 71.9 Å². The van der Waals surface area contributed by atoms with Gasteiger partial charge < -0.3 is 0 Å². The first kappa shape index (κ1) is 7.11. The maximum absolute atomic E-state index is 4.00. The van der Waals surface area contributed by atoms with Gasteiger partial charge in [-0.15, -0.1) is 0 Å². The van der Waals surface area contributed by atoms with Gasteiger partial charge in [0.05, 0.1) is 0 Å². The highest BCUT2D eigenvalue weighted by atomic mass is 14.2. The van der Waals surface area contributed by atoms with Gasteiger partial charge in [0, 0.05) is 0 Å². The zero-order valence-corrected chi connectivity index (χ0v) is 6.93. The summed E-state index contributed by atoms with van der Waals surface area (Å²) in [7, 11) is 0. The molecule has 0 fully saturated rings. The van der Waals surface area contributed by atoms with Crippen LogP contribution >= 0.6 is 0 Å². The van der Waals surface area contributed by atoms with Gasteiger partial charge in [-0.1, -0.05) is 38.0 Å². The van der Waals surface area contributed by atoms with Crippen molar-refractivity contribution < 1.29 is 0 Å². The molecule has 58 valence electrons. The third kappa shape index (κ3) is 0.928. The summed E-state index contributed by atoms with van der Waals surface area (Å²) in [4.78, 5) is 0. The van der Waals surface area contributed by atoms with E-state index < -0.39 is 0 Å². The Kier molecular flexibility index (Phi) is 1.31. The molecule has 0 spiro atoms. The van der Waals surface area contributed by atoms with Gasteiger partial charge in [-0.05, 0) is 33.9 Å². The van der Waals surface area contributed by atoms with Crippen molar-refractivity contribution in [1.82, 2.24) is 0 Å². The lowest BCUT2D eigenvalue weighted by Crippen LogP contribution is -1.85. The Morgan fingerprint density at radius 3 is 2.17 bits per heavy atom. The zero-order valence-electron chi connectivity index (χ0n) is 6.93. The Bertz CT molecular complexity index is 384. The Hall–Kier alpha value is -1.56. The van der Waals surface area contributed by atoms with E-state index in [1.165, 1.54) is 5.57 Å². The molecule has 0 nitrogen and oxygen atoms in total. The topological polar surface area (TPSA) is 0 Å². The van der Waals surface area contributed by atoms with Crippen molar-refractivity contribution >= 4 is 0 Å². The normalized spacial score (nSPS) is 19.3. The highest BCUT2D eigenvalue weighted by molar-refractivity contribution is 5.74. The van der Waals surface area contributed by atoms with Crippen LogP contribution in [0.5, 0.6) is 0 Å². The SMILES string of the molecule is C=C1C=CC=C1C(=C)C1=CC1=C. The van der Waals surface area contributed by atoms with Crippen LogP contribution in [0.25, 0.3) is 0 Å². The van der Waals surface area contributed by atoms with Crippen LogP contribution in [0.1, 0.15) is 0 Å². The summed E-state index contributed by atoms with van der Waals surface area (Å²) in [5.74, 6) is 0. The van der Waals surface area contributed by atoms with Crippen LogP contribution < -0.4 is 0 Å². The molecule has 12 heavy (non-hydrogen) atoms. The fourth-order valence-corrected chi connectivity index (χ4v) is 1.32. The van der Waals surface area contributed by atoms with E-state index in [-0.39, 0.29) is 0 Å². The molecule has 2 rings (SSSR count). The second-order valence-corrected chi connectivity index (χ2v) is 3.03. The summed E-state index contributed by atoms with van der Waals surface area (Å²) < 4.78 is 0. The Morgan fingerprint density at radius 1 is 1.08 bits per heavy atom. The molecule has 0 heterocycles. The summed E-state index contributed by atoms with van der Waals surface area (Å²) in [5, 5.41) is 0. The molecule has 0 bridgehead atoms. The predicted octanol–water partition coefficient (Wildman–Crippen LogP) is 3.09. The monoisotopic (exact) mass is 154 g/mol. The molecule has 0 N–H and O–H groups in total. The van der Waals surface area contributed by atoms with E-state index in [2.05, 4.69) is 19.7 Å². The van der Waals surface area contributed by atoms with Crippen LogP contribution in [0.15, 0.2) is 71.9 Å². The molecule has 2 aliphatic rings. The van der Waals surface area contributed by atoms with E-state index in [9.17, 15) is 0 Å². The summed E-state index contributed by atoms with van der Waals surface area (Å²) in [6, 6.07) is 0. The number of allylic oxidation sites excluding steroid dienone is 9. The summed E-state index contributed by atoms with van der Waals surface area (Å²) in [6.45, 7) is 11.8. The average molecular weight is 154 g/mol. The van der Waals surface area contributed by atoms with Crippen LogP contribution in [0.4, 0.5) is 0 Å². The van der Waals surface area contributed by atoms with Crippen LogP contribution in [0.3, 0.4) is 0 Å². The van der Waals surface area contributed by atoms with Crippen molar-refractivity contribution in [2.75, 3.05) is 0 Å². The fraction of sp³-hybridized carbons (Fsp3) is 0. The van der Waals surface area contributed by atoms with Crippen LogP contribution in [-0.2, 0) is 0 Å². The first-order valence-electron chi connectivity index (χ1n) is 3.88. The summed E-state index contributed by atoms with van der Waals surface area (Å²) in [6.07, 6.45) is 8.06. The second-order valence-electron chi connectivity index (χ2n) is 3.03. The minimum Gasteiger partial charge on any atom is -0.0911 e. The van der Waals surface area contributed by atoms with Gasteiger partial charge in [-0.2, -0.15) is 0 Å². The van der Waals surface area contributed by atoms with E-state index in [0.29, 0.717) is 0 Å². The maximum atomic E-state index is 4.00. The van der Waals surface area contributed by atoms with E-state index in [1.807, 2.05) is 24.3 Å². The second kappa shape index (κ2) is 2.21. The van der Waals surface area contributed by atoms with Crippen molar-refractivity contribution in [2.24, 2.45) is 0 Å². The Balaban J connectivity index is 2.22. The minimum absolute atomic E-state index is 1.04. The van der Waals surface area contributed by atoms with E-state index in [1.54, 1.807) is 0 Å². The molecular formula is C12H10. The Morgan fingerprint density at radius 2 is 1.75 bits per heavy atom. The quantitative estimate of drug-likeness (QED) is 0.573. The average Bonchev–Trinajstić information content (AvgIpc) is 2.59.